The monoisotopic (exact) mass is 561 g/mol. The molecule has 0 spiro atoms. The van der Waals surface area contributed by atoms with Gasteiger partial charge in [0.25, 0.3) is 5.91 Å². The zero-order chi connectivity index (χ0) is 29.0. The number of hydrogen-bond donors (Lipinski definition) is 4. The molecule has 0 saturated heterocycles. The summed E-state index contributed by atoms with van der Waals surface area (Å²) in [7, 11) is 1.23. The van der Waals surface area contributed by atoms with E-state index in [9.17, 15) is 22.8 Å². The van der Waals surface area contributed by atoms with Gasteiger partial charge in [0.1, 0.15) is 11.7 Å². The average Bonchev–Trinajstić information content (AvgIpc) is 3.86. The van der Waals surface area contributed by atoms with Crippen molar-refractivity contribution in [2.75, 3.05) is 7.11 Å². The largest absolute Gasteiger partial charge is 0.481 e. The number of pyridine rings is 1. The molecule has 0 radical (unpaired) electrons. The molecule has 0 aromatic carbocycles. The Morgan fingerprint density at radius 2 is 1.85 bits per heavy atom. The number of carbonyl (C=O) groups excluding carboxylic acids is 2. The molecule has 40 heavy (non-hydrogen) atoms. The highest BCUT2D eigenvalue weighted by atomic mass is 19.4. The summed E-state index contributed by atoms with van der Waals surface area (Å²) in [6.07, 6.45) is 3.98. The van der Waals surface area contributed by atoms with Crippen molar-refractivity contribution >= 4 is 18.0 Å². The number of carbonyl (C=O) groups is 2. The summed E-state index contributed by atoms with van der Waals surface area (Å²) in [5.74, 6) is -0.491. The van der Waals surface area contributed by atoms with E-state index < -0.39 is 29.6 Å². The lowest BCUT2D eigenvalue weighted by Crippen LogP contribution is -2.52. The van der Waals surface area contributed by atoms with E-state index in [1.807, 2.05) is 13.8 Å². The number of allylic oxidation sites excluding steroid dienone is 1. The maximum absolute atomic E-state index is 13.6. The molecule has 2 aromatic rings. The van der Waals surface area contributed by atoms with Crippen LogP contribution in [0.4, 0.5) is 13.2 Å². The number of nitrogens with one attached hydrogen (secondary N) is 4. The minimum Gasteiger partial charge on any atom is -0.481 e. The molecule has 2 heterocycles. The molecule has 2 fully saturated rings. The van der Waals surface area contributed by atoms with Gasteiger partial charge >= 0.3 is 6.18 Å². The topological polar surface area (TPSA) is 134 Å². The molecular formula is C27H34F3N7O3. The number of hydrogen-bond acceptors (Lipinski definition) is 7. The van der Waals surface area contributed by atoms with E-state index >= 15 is 0 Å². The normalized spacial score (nSPS) is 16.6. The van der Waals surface area contributed by atoms with Crippen molar-refractivity contribution in [2.45, 2.75) is 64.3 Å². The summed E-state index contributed by atoms with van der Waals surface area (Å²) in [6.45, 7) is 3.49. The van der Waals surface area contributed by atoms with E-state index in [-0.39, 0.29) is 35.6 Å². The van der Waals surface area contributed by atoms with Gasteiger partial charge in [0.2, 0.25) is 11.8 Å². The Hall–Kier alpha value is -3.90. The Morgan fingerprint density at radius 3 is 2.40 bits per heavy atom. The first-order chi connectivity index (χ1) is 19.0. The van der Waals surface area contributed by atoms with Gasteiger partial charge in [-0.3, -0.25) is 14.3 Å². The molecule has 2 saturated carbocycles. The summed E-state index contributed by atoms with van der Waals surface area (Å²) in [4.78, 5) is 30.7. The standard InChI is InChI=1S/C27H34F3N7O3/c1-15(2)37-21(9-11-34-37)24(38)36-23(22(16-4-5-16)17-6-7-17)25(39)35-18(12-31)13-32-14-19-20(27(28,29)30)8-10-33-26(19)40-3/h8-13,15-17,22-23,31-32H,4-7,14H2,1-3H3,(H,35,39)(H,36,38)/b18-13+,31-12?. The Balaban J connectivity index is 1.51. The lowest BCUT2D eigenvalue weighted by molar-refractivity contribution is -0.138. The van der Waals surface area contributed by atoms with Gasteiger partial charge in [-0.25, -0.2) is 4.98 Å². The van der Waals surface area contributed by atoms with Crippen LogP contribution >= 0.6 is 0 Å². The molecule has 4 rings (SSSR count). The molecule has 0 bridgehead atoms. The molecule has 1 atom stereocenters. The molecule has 2 amide bonds. The predicted octanol–water partition coefficient (Wildman–Crippen LogP) is 3.82. The summed E-state index contributed by atoms with van der Waals surface area (Å²) >= 11 is 0. The number of methoxy groups -OCH3 is 1. The van der Waals surface area contributed by atoms with Crippen molar-refractivity contribution in [1.29, 1.82) is 5.41 Å². The van der Waals surface area contributed by atoms with Crippen LogP contribution < -0.4 is 20.7 Å². The van der Waals surface area contributed by atoms with Gasteiger partial charge in [-0.05, 0) is 69.4 Å². The van der Waals surface area contributed by atoms with E-state index in [2.05, 4.69) is 26.0 Å². The summed E-state index contributed by atoms with van der Waals surface area (Å²) in [5, 5.41) is 20.3. The fourth-order valence-electron chi connectivity index (χ4n) is 5.03. The molecule has 10 nitrogen and oxygen atoms in total. The fraction of sp³-hybridized carbons (Fsp3) is 0.519. The second-order valence-corrected chi connectivity index (χ2v) is 10.4. The molecule has 4 N–H and O–H groups in total. The quantitative estimate of drug-likeness (QED) is 0.275. The van der Waals surface area contributed by atoms with Crippen LogP contribution in [0.1, 0.15) is 67.2 Å². The summed E-state index contributed by atoms with van der Waals surface area (Å²) in [5.41, 5.74) is -0.744. The highest BCUT2D eigenvalue weighted by molar-refractivity contribution is 5.98. The first-order valence-corrected chi connectivity index (χ1v) is 13.2. The zero-order valence-corrected chi connectivity index (χ0v) is 22.6. The zero-order valence-electron chi connectivity index (χ0n) is 22.6. The summed E-state index contributed by atoms with van der Waals surface area (Å²) in [6, 6.07) is 1.56. The Kier molecular flexibility index (Phi) is 8.79. The molecule has 216 valence electrons. The maximum atomic E-state index is 13.6. The minimum atomic E-state index is -4.62. The van der Waals surface area contributed by atoms with Crippen LogP contribution in [0.2, 0.25) is 0 Å². The van der Waals surface area contributed by atoms with Crippen LogP contribution in [0, 0.1) is 23.2 Å². The Labute approximate surface area is 230 Å². The van der Waals surface area contributed by atoms with Crippen molar-refractivity contribution in [2.24, 2.45) is 17.8 Å². The van der Waals surface area contributed by atoms with Crippen molar-refractivity contribution in [3.63, 3.8) is 0 Å². The van der Waals surface area contributed by atoms with Crippen LogP contribution in [0.5, 0.6) is 5.88 Å². The molecule has 2 aliphatic rings. The van der Waals surface area contributed by atoms with Crippen LogP contribution in [0.3, 0.4) is 0 Å². The van der Waals surface area contributed by atoms with Crippen molar-refractivity contribution < 1.29 is 27.5 Å². The number of rotatable bonds is 13. The van der Waals surface area contributed by atoms with Crippen LogP contribution in [0.25, 0.3) is 0 Å². The molecule has 1 unspecified atom stereocenters. The van der Waals surface area contributed by atoms with E-state index in [0.29, 0.717) is 17.5 Å². The number of alkyl halides is 3. The van der Waals surface area contributed by atoms with E-state index in [1.54, 1.807) is 10.7 Å². The third kappa shape index (κ3) is 6.80. The molecule has 2 aliphatic carbocycles. The second-order valence-electron chi connectivity index (χ2n) is 10.4. The van der Waals surface area contributed by atoms with Gasteiger partial charge in [-0.15, -0.1) is 0 Å². The molecular weight excluding hydrogens is 527 g/mol. The number of ether oxygens (including phenoxy) is 1. The summed E-state index contributed by atoms with van der Waals surface area (Å²) < 4.78 is 47.1. The fourth-order valence-corrected chi connectivity index (χ4v) is 5.03. The molecule has 0 aliphatic heterocycles. The lowest BCUT2D eigenvalue weighted by atomic mass is 9.88. The Bertz CT molecular complexity index is 1250. The molecule has 2 aromatic heterocycles. The number of amides is 2. The van der Waals surface area contributed by atoms with E-state index in [1.165, 1.54) is 19.5 Å². The average molecular weight is 562 g/mol. The first-order valence-electron chi connectivity index (χ1n) is 13.2. The smallest absolute Gasteiger partial charge is 0.416 e. The number of nitrogens with zero attached hydrogens (tertiary/aromatic N) is 3. The van der Waals surface area contributed by atoms with Gasteiger partial charge in [0.15, 0.2) is 0 Å². The third-order valence-electron chi connectivity index (χ3n) is 7.15. The predicted molar refractivity (Wildman–Crippen MR) is 140 cm³/mol. The number of aromatic nitrogens is 3. The van der Waals surface area contributed by atoms with Crippen LogP contribution in [0.15, 0.2) is 36.4 Å². The van der Waals surface area contributed by atoms with Crippen LogP contribution in [-0.4, -0.2) is 45.9 Å². The van der Waals surface area contributed by atoms with Crippen molar-refractivity contribution in [3.8, 4) is 5.88 Å². The van der Waals surface area contributed by atoms with Gasteiger partial charge in [-0.2, -0.15) is 18.3 Å². The van der Waals surface area contributed by atoms with Gasteiger partial charge < -0.3 is 26.1 Å². The Morgan fingerprint density at radius 1 is 1.18 bits per heavy atom. The third-order valence-corrected chi connectivity index (χ3v) is 7.15. The van der Waals surface area contributed by atoms with Gasteiger partial charge in [-0.1, -0.05) is 0 Å². The van der Waals surface area contributed by atoms with Crippen LogP contribution in [-0.2, 0) is 17.5 Å². The van der Waals surface area contributed by atoms with Gasteiger partial charge in [0.05, 0.1) is 18.4 Å². The van der Waals surface area contributed by atoms with E-state index in [4.69, 9.17) is 10.1 Å². The highest BCUT2D eigenvalue weighted by Crippen LogP contribution is 2.50. The SMILES string of the molecule is COc1nccc(C(F)(F)F)c1CN/C=C(\C=N)NC(=O)C(NC(=O)c1ccnn1C(C)C)C(C1CC1)C1CC1. The maximum Gasteiger partial charge on any atom is 0.416 e. The minimum absolute atomic E-state index is 0.0261. The van der Waals surface area contributed by atoms with E-state index in [0.717, 1.165) is 44.2 Å². The van der Waals surface area contributed by atoms with Gasteiger partial charge in [0, 0.05) is 43.0 Å². The van der Waals surface area contributed by atoms with Crippen molar-refractivity contribution in [1.82, 2.24) is 30.7 Å². The highest BCUT2D eigenvalue weighted by Gasteiger charge is 2.48. The second kappa shape index (κ2) is 12.1. The molecule has 13 heteroatoms. The van der Waals surface area contributed by atoms with Crippen molar-refractivity contribution in [3.05, 3.63) is 53.2 Å². The number of halogens is 3. The first kappa shape index (κ1) is 29.1. The lowest BCUT2D eigenvalue weighted by Gasteiger charge is -2.28.